The average molecular weight is 412 g/mol. The van der Waals surface area contributed by atoms with Gasteiger partial charge in [0.15, 0.2) is 11.5 Å². The highest BCUT2D eigenvalue weighted by molar-refractivity contribution is 6.06. The van der Waals surface area contributed by atoms with Crippen molar-refractivity contribution < 1.29 is 32.6 Å². The van der Waals surface area contributed by atoms with Crippen molar-refractivity contribution in [3.05, 3.63) is 23.8 Å². The molecule has 0 bridgehead atoms. The van der Waals surface area contributed by atoms with E-state index in [0.717, 1.165) is 4.90 Å². The second kappa shape index (κ2) is 8.84. The summed E-state index contributed by atoms with van der Waals surface area (Å²) < 4.78 is 34.1. The molecule has 0 aliphatic carbocycles. The van der Waals surface area contributed by atoms with E-state index >= 15 is 0 Å². The van der Waals surface area contributed by atoms with Crippen LogP contribution in [0.1, 0.15) is 32.8 Å². The monoisotopic (exact) mass is 412 g/mol. The predicted molar refractivity (Wildman–Crippen MR) is 98.9 cm³/mol. The third-order valence-corrected chi connectivity index (χ3v) is 4.15. The number of ether oxygens (including phenoxy) is 2. The van der Waals surface area contributed by atoms with Crippen LogP contribution >= 0.6 is 0 Å². The van der Waals surface area contributed by atoms with E-state index < -0.39 is 30.0 Å². The van der Waals surface area contributed by atoms with Gasteiger partial charge in [-0.15, -0.1) is 0 Å². The van der Waals surface area contributed by atoms with Crippen molar-refractivity contribution in [1.29, 1.82) is 0 Å². The molecule has 0 saturated carbocycles. The van der Waals surface area contributed by atoms with Crippen molar-refractivity contribution in [2.75, 3.05) is 13.7 Å². The molecule has 29 heavy (non-hydrogen) atoms. The first kappa shape index (κ1) is 22.1. The normalized spacial score (nSPS) is 16.1. The number of urea groups is 1. The number of nitrogens with zero attached hydrogens (tertiary/aromatic N) is 2. The largest absolute Gasteiger partial charge is 0.493 e. The Morgan fingerprint density at radius 3 is 2.55 bits per heavy atom. The number of hydrogen-bond donors (Lipinski definition) is 2. The molecule has 1 aliphatic rings. The van der Waals surface area contributed by atoms with Crippen LogP contribution in [-0.2, 0) is 9.59 Å². The van der Waals surface area contributed by atoms with E-state index in [0.29, 0.717) is 11.3 Å². The second-order valence-corrected chi connectivity index (χ2v) is 6.74. The molecule has 9 nitrogen and oxygen atoms in total. The summed E-state index contributed by atoms with van der Waals surface area (Å²) in [5.74, 6) is -0.947. The van der Waals surface area contributed by atoms with Gasteiger partial charge in [0, 0.05) is 18.5 Å². The summed E-state index contributed by atoms with van der Waals surface area (Å²) in [7, 11) is 1.31. The van der Waals surface area contributed by atoms with Crippen LogP contribution in [0.2, 0.25) is 0 Å². The number of amides is 4. The van der Waals surface area contributed by atoms with Crippen LogP contribution in [0.5, 0.6) is 11.5 Å². The number of hydrazone groups is 1. The number of nitrogens with one attached hydrogen (secondary N) is 2. The average Bonchev–Trinajstić information content (AvgIpc) is 2.84. The van der Waals surface area contributed by atoms with Gasteiger partial charge in [0.05, 0.1) is 12.8 Å². The van der Waals surface area contributed by atoms with Crippen LogP contribution in [0.15, 0.2) is 23.3 Å². The van der Waals surface area contributed by atoms with Gasteiger partial charge < -0.3 is 14.8 Å². The van der Waals surface area contributed by atoms with Gasteiger partial charge in [-0.1, -0.05) is 0 Å². The Kier molecular flexibility index (Phi) is 6.72. The van der Waals surface area contributed by atoms with Crippen molar-refractivity contribution in [1.82, 2.24) is 15.6 Å². The minimum absolute atomic E-state index is 0.0814. The van der Waals surface area contributed by atoms with Crippen LogP contribution in [0, 0.1) is 0 Å². The minimum Gasteiger partial charge on any atom is -0.493 e. The highest BCUT2D eigenvalue weighted by Crippen LogP contribution is 2.29. The lowest BCUT2D eigenvalue weighted by Gasteiger charge is -2.15. The molecule has 1 aliphatic heterocycles. The Morgan fingerprint density at radius 1 is 1.31 bits per heavy atom. The van der Waals surface area contributed by atoms with Crippen molar-refractivity contribution in [2.24, 2.45) is 5.10 Å². The first-order valence-corrected chi connectivity index (χ1v) is 8.65. The molecule has 1 saturated heterocycles. The Balaban J connectivity index is 1.96. The SMILES string of the molecule is COc1cc(/C(C)=N\NC(=O)CCN2C(=O)NC(C)(C)C2=O)ccc1OC(F)F. The zero-order valence-electron chi connectivity index (χ0n) is 16.4. The lowest BCUT2D eigenvalue weighted by Crippen LogP contribution is -2.40. The molecule has 0 radical (unpaired) electrons. The number of benzene rings is 1. The molecule has 0 aromatic heterocycles. The maximum atomic E-state index is 12.4. The molecule has 0 atom stereocenters. The Hall–Kier alpha value is -3.24. The number of rotatable bonds is 8. The number of imide groups is 1. The zero-order valence-corrected chi connectivity index (χ0v) is 16.4. The Bertz CT molecular complexity index is 842. The zero-order chi connectivity index (χ0) is 21.8. The van der Waals surface area contributed by atoms with Gasteiger partial charge in [0.2, 0.25) is 5.91 Å². The van der Waals surface area contributed by atoms with E-state index in [1.807, 2.05) is 0 Å². The van der Waals surface area contributed by atoms with E-state index in [9.17, 15) is 23.2 Å². The molecule has 158 valence electrons. The Labute approximate surface area is 166 Å². The van der Waals surface area contributed by atoms with Crippen LogP contribution in [0.3, 0.4) is 0 Å². The molecule has 2 N–H and O–H groups in total. The van der Waals surface area contributed by atoms with Crippen molar-refractivity contribution in [3.8, 4) is 11.5 Å². The smallest absolute Gasteiger partial charge is 0.387 e. The van der Waals surface area contributed by atoms with Crippen molar-refractivity contribution >= 4 is 23.6 Å². The first-order chi connectivity index (χ1) is 13.5. The van der Waals surface area contributed by atoms with Gasteiger partial charge in [0.25, 0.3) is 5.91 Å². The highest BCUT2D eigenvalue weighted by Gasteiger charge is 2.43. The van der Waals surface area contributed by atoms with E-state index in [2.05, 4.69) is 20.6 Å². The van der Waals surface area contributed by atoms with Gasteiger partial charge in [-0.05, 0) is 39.0 Å². The number of hydrogen-bond acceptors (Lipinski definition) is 6. The third-order valence-electron chi connectivity index (χ3n) is 4.15. The lowest BCUT2D eigenvalue weighted by molar-refractivity contribution is -0.130. The van der Waals surface area contributed by atoms with Crippen molar-refractivity contribution in [3.63, 3.8) is 0 Å². The molecule has 4 amide bonds. The molecule has 11 heteroatoms. The number of alkyl halides is 2. The molecule has 2 rings (SSSR count). The van der Waals surface area contributed by atoms with E-state index in [1.54, 1.807) is 20.8 Å². The standard InChI is InChI=1S/C18H22F2N4O5/c1-10(11-5-6-12(29-16(19)20)13(9-11)28-4)22-23-14(25)7-8-24-15(26)18(2,3)21-17(24)27/h5-6,9,16H,7-8H2,1-4H3,(H,21,27)(H,23,25)/b22-10-. The van der Waals surface area contributed by atoms with E-state index in [-0.39, 0.29) is 24.5 Å². The van der Waals surface area contributed by atoms with Gasteiger partial charge in [-0.2, -0.15) is 13.9 Å². The molecule has 0 spiro atoms. The summed E-state index contributed by atoms with van der Waals surface area (Å²) in [6.07, 6.45) is -0.128. The van der Waals surface area contributed by atoms with Crippen LogP contribution < -0.4 is 20.2 Å². The summed E-state index contributed by atoms with van der Waals surface area (Å²) in [4.78, 5) is 36.8. The molecular formula is C18H22F2N4O5. The van der Waals surface area contributed by atoms with E-state index in [4.69, 9.17) is 4.74 Å². The maximum absolute atomic E-state index is 12.4. The molecular weight excluding hydrogens is 390 g/mol. The molecule has 1 aromatic rings. The summed E-state index contributed by atoms with van der Waals surface area (Å²) in [5, 5.41) is 6.47. The number of carbonyl (C=O) groups excluding carboxylic acids is 3. The van der Waals surface area contributed by atoms with Gasteiger partial charge in [-0.25, -0.2) is 10.2 Å². The van der Waals surface area contributed by atoms with Crippen LogP contribution in [0.4, 0.5) is 13.6 Å². The topological polar surface area (TPSA) is 109 Å². The molecule has 1 aromatic carbocycles. The second-order valence-electron chi connectivity index (χ2n) is 6.74. The lowest BCUT2D eigenvalue weighted by atomic mass is 10.1. The summed E-state index contributed by atoms with van der Waals surface area (Å²) in [6.45, 7) is 1.68. The first-order valence-electron chi connectivity index (χ1n) is 8.65. The number of carbonyl (C=O) groups is 3. The fourth-order valence-corrected chi connectivity index (χ4v) is 2.59. The summed E-state index contributed by atoms with van der Waals surface area (Å²) in [5.41, 5.74) is 2.23. The number of methoxy groups -OCH3 is 1. The Morgan fingerprint density at radius 2 is 2.00 bits per heavy atom. The van der Waals surface area contributed by atoms with Gasteiger partial charge in [-0.3, -0.25) is 14.5 Å². The molecule has 1 heterocycles. The predicted octanol–water partition coefficient (Wildman–Crippen LogP) is 1.86. The van der Waals surface area contributed by atoms with Crippen LogP contribution in [-0.4, -0.2) is 54.3 Å². The fraction of sp³-hybridized carbons (Fsp3) is 0.444. The van der Waals surface area contributed by atoms with Gasteiger partial charge >= 0.3 is 12.6 Å². The fourth-order valence-electron chi connectivity index (χ4n) is 2.59. The third kappa shape index (κ3) is 5.39. The minimum atomic E-state index is -2.99. The quantitative estimate of drug-likeness (QED) is 0.385. The van der Waals surface area contributed by atoms with Crippen LogP contribution in [0.25, 0.3) is 0 Å². The molecule has 1 fully saturated rings. The summed E-state index contributed by atoms with van der Waals surface area (Å²) in [6, 6.07) is 3.68. The van der Waals surface area contributed by atoms with Crippen molar-refractivity contribution in [2.45, 2.75) is 39.3 Å². The maximum Gasteiger partial charge on any atom is 0.387 e. The summed E-state index contributed by atoms with van der Waals surface area (Å²) >= 11 is 0. The molecule has 0 unspecified atom stereocenters. The van der Waals surface area contributed by atoms with E-state index in [1.165, 1.54) is 25.3 Å². The van der Waals surface area contributed by atoms with Gasteiger partial charge in [0.1, 0.15) is 5.54 Å². The number of halogens is 2. The highest BCUT2D eigenvalue weighted by atomic mass is 19.3.